The summed E-state index contributed by atoms with van der Waals surface area (Å²) < 4.78 is 22.0. The van der Waals surface area contributed by atoms with Gasteiger partial charge >= 0.3 is 0 Å². The number of carbonyl (C=O) groups excluding carboxylic acids is 2. The van der Waals surface area contributed by atoms with Crippen molar-refractivity contribution in [3.63, 3.8) is 0 Å². The van der Waals surface area contributed by atoms with Crippen LogP contribution in [0.2, 0.25) is 5.02 Å². The number of ether oxygens (including phenoxy) is 4. The molecule has 0 radical (unpaired) electrons. The van der Waals surface area contributed by atoms with Crippen molar-refractivity contribution in [2.75, 3.05) is 27.9 Å². The van der Waals surface area contributed by atoms with Gasteiger partial charge in [0.1, 0.15) is 11.5 Å². The van der Waals surface area contributed by atoms with Crippen molar-refractivity contribution in [2.24, 2.45) is 0 Å². The Balaban J connectivity index is 1.97. The second-order valence-electron chi connectivity index (χ2n) is 8.28. The maximum atomic E-state index is 13.5. The van der Waals surface area contributed by atoms with E-state index >= 15 is 0 Å². The van der Waals surface area contributed by atoms with Crippen molar-refractivity contribution >= 4 is 29.1 Å². The van der Waals surface area contributed by atoms with Gasteiger partial charge in [-0.3, -0.25) is 14.6 Å². The fraction of sp³-hybridized carbons (Fsp3) is 0.250. The molecule has 0 spiro atoms. The van der Waals surface area contributed by atoms with Gasteiger partial charge in [-0.05, 0) is 55.0 Å². The molecule has 1 amide bonds. The average Bonchev–Trinajstić information content (AvgIpc) is 3.18. The number of rotatable bonds is 9. The highest BCUT2D eigenvalue weighted by Gasteiger charge is 2.47. The second kappa shape index (κ2) is 11.4. The Hall–Kier alpha value is -4.24. The number of ketones is 1. The zero-order chi connectivity index (χ0) is 27.4. The van der Waals surface area contributed by atoms with Crippen molar-refractivity contribution in [3.05, 3.63) is 82.1 Å². The zero-order valence-electron chi connectivity index (χ0n) is 21.4. The number of methoxy groups -OCH3 is 3. The average molecular weight is 539 g/mol. The lowest BCUT2D eigenvalue weighted by Gasteiger charge is -2.26. The Morgan fingerprint density at radius 2 is 1.74 bits per heavy atom. The van der Waals surface area contributed by atoms with Crippen LogP contribution in [0.15, 0.2) is 60.3 Å². The molecule has 1 fully saturated rings. The molecule has 1 aromatic heterocycles. The lowest BCUT2D eigenvalue weighted by atomic mass is 9.94. The van der Waals surface area contributed by atoms with E-state index in [2.05, 4.69) is 4.98 Å². The number of hydrogen-bond acceptors (Lipinski definition) is 8. The van der Waals surface area contributed by atoms with Crippen molar-refractivity contribution in [1.82, 2.24) is 9.88 Å². The van der Waals surface area contributed by atoms with Gasteiger partial charge in [0.2, 0.25) is 5.75 Å². The summed E-state index contributed by atoms with van der Waals surface area (Å²) in [4.78, 5) is 32.5. The quantitative estimate of drug-likeness (QED) is 0.235. The molecule has 198 valence electrons. The molecule has 1 atom stereocenters. The molecule has 38 heavy (non-hydrogen) atoms. The summed E-state index contributed by atoms with van der Waals surface area (Å²) in [6.07, 6.45) is 1.60. The number of aliphatic hydroxyl groups is 1. The number of amides is 1. The molecular weight excluding hydrogens is 512 g/mol. The maximum absolute atomic E-state index is 13.5. The van der Waals surface area contributed by atoms with Crippen LogP contribution in [0.25, 0.3) is 5.76 Å². The number of Topliss-reactive ketones (excluding diaryl/α,β-unsaturated/α-hetero) is 1. The lowest BCUT2D eigenvalue weighted by molar-refractivity contribution is -0.140. The highest BCUT2D eigenvalue weighted by atomic mass is 35.5. The molecule has 9 nitrogen and oxygen atoms in total. The van der Waals surface area contributed by atoms with Gasteiger partial charge in [0, 0.05) is 11.8 Å². The fourth-order valence-corrected chi connectivity index (χ4v) is 4.61. The van der Waals surface area contributed by atoms with Crippen LogP contribution in [-0.2, 0) is 16.1 Å². The smallest absolute Gasteiger partial charge is 0.296 e. The van der Waals surface area contributed by atoms with E-state index in [1.165, 1.54) is 32.3 Å². The largest absolute Gasteiger partial charge is 0.507 e. The van der Waals surface area contributed by atoms with Crippen molar-refractivity contribution in [1.29, 1.82) is 0 Å². The molecule has 1 unspecified atom stereocenters. The van der Waals surface area contributed by atoms with Gasteiger partial charge in [-0.2, -0.15) is 0 Å². The zero-order valence-corrected chi connectivity index (χ0v) is 22.1. The molecule has 10 heteroatoms. The number of benzene rings is 2. The number of nitrogens with zero attached hydrogens (tertiary/aromatic N) is 2. The van der Waals surface area contributed by atoms with Gasteiger partial charge in [0.25, 0.3) is 11.7 Å². The predicted molar refractivity (Wildman–Crippen MR) is 141 cm³/mol. The first-order valence-electron chi connectivity index (χ1n) is 11.8. The molecular formula is C28H27ClN2O7. The van der Waals surface area contributed by atoms with E-state index < -0.39 is 23.5 Å². The Labute approximate surface area is 225 Å². The lowest BCUT2D eigenvalue weighted by Crippen LogP contribution is -2.29. The maximum Gasteiger partial charge on any atom is 0.296 e. The SMILES string of the molecule is CCOc1ccc(Cl)c(/C(O)=C2\C(=O)C(=O)N(Cc3ccccn3)C2c2cc(OC)c(OC)c(OC)c2)c1. The minimum absolute atomic E-state index is 0.0102. The molecule has 1 saturated heterocycles. The summed E-state index contributed by atoms with van der Waals surface area (Å²) in [6.45, 7) is 2.22. The van der Waals surface area contributed by atoms with Crippen LogP contribution in [0, 0.1) is 0 Å². The number of carbonyl (C=O) groups is 2. The molecule has 0 aliphatic carbocycles. The van der Waals surface area contributed by atoms with Crippen molar-refractivity contribution in [2.45, 2.75) is 19.5 Å². The second-order valence-corrected chi connectivity index (χ2v) is 8.69. The summed E-state index contributed by atoms with van der Waals surface area (Å²) in [5.41, 5.74) is 1.03. The summed E-state index contributed by atoms with van der Waals surface area (Å²) in [5.74, 6) is -0.665. The number of aliphatic hydroxyl groups excluding tert-OH is 1. The minimum Gasteiger partial charge on any atom is -0.507 e. The molecule has 1 N–H and O–H groups in total. The number of pyridine rings is 1. The standard InChI is InChI=1S/C28H27ClN2O7/c1-5-38-18-9-10-20(29)19(14-18)25(32)23-24(16-12-21(35-2)27(37-4)22(13-16)36-3)31(28(34)26(23)33)15-17-8-6-7-11-30-17/h6-14,24,32H,5,15H2,1-4H3/b25-23+. The van der Waals surface area contributed by atoms with Crippen LogP contribution in [0.4, 0.5) is 0 Å². The summed E-state index contributed by atoms with van der Waals surface area (Å²) in [5, 5.41) is 11.7. The summed E-state index contributed by atoms with van der Waals surface area (Å²) in [6, 6.07) is 12.3. The van der Waals surface area contributed by atoms with Gasteiger partial charge < -0.3 is 29.0 Å². The molecule has 2 heterocycles. The van der Waals surface area contributed by atoms with Crippen LogP contribution in [0.5, 0.6) is 23.0 Å². The molecule has 4 rings (SSSR count). The molecule has 0 bridgehead atoms. The van der Waals surface area contributed by atoms with E-state index in [4.69, 9.17) is 30.5 Å². The van der Waals surface area contributed by atoms with E-state index in [1.54, 1.807) is 48.7 Å². The fourth-order valence-electron chi connectivity index (χ4n) is 4.40. The van der Waals surface area contributed by atoms with Gasteiger partial charge in [0.05, 0.1) is 56.8 Å². The number of halogens is 1. The first kappa shape index (κ1) is 26.8. The molecule has 2 aromatic carbocycles. The number of hydrogen-bond donors (Lipinski definition) is 1. The third-order valence-electron chi connectivity index (χ3n) is 6.11. The van der Waals surface area contributed by atoms with Gasteiger partial charge in [-0.15, -0.1) is 0 Å². The Morgan fingerprint density at radius 3 is 2.32 bits per heavy atom. The summed E-state index contributed by atoms with van der Waals surface area (Å²) in [7, 11) is 4.40. The first-order valence-corrected chi connectivity index (χ1v) is 12.1. The Kier molecular flexibility index (Phi) is 8.07. The van der Waals surface area contributed by atoms with Gasteiger partial charge in [0.15, 0.2) is 11.5 Å². The molecule has 1 aliphatic rings. The highest BCUT2D eigenvalue weighted by molar-refractivity contribution is 6.47. The van der Waals surface area contributed by atoms with Crippen LogP contribution in [0.1, 0.15) is 29.8 Å². The monoisotopic (exact) mass is 538 g/mol. The normalized spacial score (nSPS) is 16.4. The third-order valence-corrected chi connectivity index (χ3v) is 6.43. The summed E-state index contributed by atoms with van der Waals surface area (Å²) >= 11 is 6.42. The molecule has 0 saturated carbocycles. The van der Waals surface area contributed by atoms with Crippen LogP contribution < -0.4 is 18.9 Å². The van der Waals surface area contributed by atoms with E-state index in [0.29, 0.717) is 40.9 Å². The van der Waals surface area contributed by atoms with Gasteiger partial charge in [-0.1, -0.05) is 17.7 Å². The van der Waals surface area contributed by atoms with E-state index in [9.17, 15) is 14.7 Å². The third kappa shape index (κ3) is 4.97. The minimum atomic E-state index is -1.02. The Morgan fingerprint density at radius 1 is 1.03 bits per heavy atom. The van der Waals surface area contributed by atoms with Crippen molar-refractivity contribution in [3.8, 4) is 23.0 Å². The topological polar surface area (TPSA) is 107 Å². The van der Waals surface area contributed by atoms with Crippen LogP contribution in [0.3, 0.4) is 0 Å². The van der Waals surface area contributed by atoms with Crippen molar-refractivity contribution < 1.29 is 33.6 Å². The van der Waals surface area contributed by atoms with E-state index in [-0.39, 0.29) is 22.7 Å². The molecule has 3 aromatic rings. The van der Waals surface area contributed by atoms with Crippen LogP contribution in [-0.4, -0.2) is 54.6 Å². The Bertz CT molecular complexity index is 1370. The molecule has 1 aliphatic heterocycles. The number of aromatic nitrogens is 1. The van der Waals surface area contributed by atoms with Gasteiger partial charge in [-0.25, -0.2) is 0 Å². The number of likely N-dealkylation sites (tertiary alicyclic amines) is 1. The first-order chi connectivity index (χ1) is 18.3. The van der Waals surface area contributed by atoms with E-state index in [0.717, 1.165) is 0 Å². The predicted octanol–water partition coefficient (Wildman–Crippen LogP) is 4.78. The van der Waals surface area contributed by atoms with E-state index in [1.807, 2.05) is 6.92 Å². The highest BCUT2D eigenvalue weighted by Crippen LogP contribution is 2.46. The van der Waals surface area contributed by atoms with Crippen LogP contribution >= 0.6 is 11.6 Å².